The van der Waals surface area contributed by atoms with E-state index in [1.165, 1.54) is 11.4 Å². The van der Waals surface area contributed by atoms with Crippen LogP contribution < -0.4 is 5.32 Å². The molecule has 2 heteroatoms. The Morgan fingerprint density at radius 2 is 1.88 bits per heavy atom. The normalized spacial score (nSPS) is 17.7. The van der Waals surface area contributed by atoms with E-state index in [-0.39, 0.29) is 5.54 Å². The number of para-hydroxylation sites is 2. The van der Waals surface area contributed by atoms with Gasteiger partial charge in [0.25, 0.3) is 0 Å². The first-order valence-corrected chi connectivity index (χ1v) is 6.66. The first-order valence-electron chi connectivity index (χ1n) is 6.66. The van der Waals surface area contributed by atoms with Crippen LogP contribution in [0.15, 0.2) is 29.3 Å². The predicted octanol–water partition coefficient (Wildman–Crippen LogP) is 4.54. The van der Waals surface area contributed by atoms with Gasteiger partial charge >= 0.3 is 0 Å². The average Bonchev–Trinajstić information content (AvgIpc) is 2.55. The topological polar surface area (TPSA) is 24.4 Å². The monoisotopic (exact) mass is 230 g/mol. The minimum Gasteiger partial charge on any atom is -0.378 e. The number of fused-ring (bicyclic) bond motifs is 1. The highest BCUT2D eigenvalue weighted by Gasteiger charge is 2.30. The maximum Gasteiger partial charge on any atom is 0.0860 e. The Morgan fingerprint density at radius 3 is 2.53 bits per heavy atom. The predicted molar refractivity (Wildman–Crippen MR) is 75.4 cm³/mol. The van der Waals surface area contributed by atoms with Crippen molar-refractivity contribution in [3.8, 4) is 0 Å². The third kappa shape index (κ3) is 2.36. The van der Waals surface area contributed by atoms with Gasteiger partial charge in [0, 0.05) is 17.7 Å². The van der Waals surface area contributed by atoms with Crippen molar-refractivity contribution in [1.29, 1.82) is 0 Å². The van der Waals surface area contributed by atoms with E-state index >= 15 is 0 Å². The SMILES string of the molecule is CCC1=Nc2ccccc2NC(CC)(CC)C1. The molecule has 0 amide bonds. The maximum atomic E-state index is 4.80. The van der Waals surface area contributed by atoms with Crippen LogP contribution in [-0.4, -0.2) is 11.3 Å². The number of nitrogens with zero attached hydrogens (tertiary/aromatic N) is 1. The molecular formula is C15H22N2. The van der Waals surface area contributed by atoms with E-state index in [4.69, 9.17) is 4.99 Å². The van der Waals surface area contributed by atoms with Gasteiger partial charge in [-0.3, -0.25) is 4.99 Å². The Labute approximate surface area is 104 Å². The second-order valence-corrected chi connectivity index (χ2v) is 4.84. The smallest absolute Gasteiger partial charge is 0.0860 e. The van der Waals surface area contributed by atoms with Crippen molar-refractivity contribution in [2.45, 2.75) is 52.0 Å². The Hall–Kier alpha value is -1.31. The lowest BCUT2D eigenvalue weighted by molar-refractivity contribution is 0.450. The van der Waals surface area contributed by atoms with E-state index in [1.54, 1.807) is 0 Å². The molecule has 0 saturated carbocycles. The van der Waals surface area contributed by atoms with Crippen LogP contribution in [0.5, 0.6) is 0 Å². The van der Waals surface area contributed by atoms with E-state index in [1.807, 2.05) is 0 Å². The molecule has 0 aliphatic carbocycles. The molecule has 0 fully saturated rings. The van der Waals surface area contributed by atoms with E-state index in [0.717, 1.165) is 31.4 Å². The molecule has 17 heavy (non-hydrogen) atoms. The van der Waals surface area contributed by atoms with Crippen LogP contribution in [0, 0.1) is 0 Å². The summed E-state index contributed by atoms with van der Waals surface area (Å²) in [7, 11) is 0. The quantitative estimate of drug-likeness (QED) is 0.809. The molecule has 1 aromatic carbocycles. The fourth-order valence-electron chi connectivity index (χ4n) is 2.49. The van der Waals surface area contributed by atoms with Crippen LogP contribution in [-0.2, 0) is 0 Å². The van der Waals surface area contributed by atoms with Gasteiger partial charge in [-0.1, -0.05) is 32.9 Å². The summed E-state index contributed by atoms with van der Waals surface area (Å²) >= 11 is 0. The Kier molecular flexibility index (Phi) is 3.51. The van der Waals surface area contributed by atoms with Gasteiger partial charge in [-0.15, -0.1) is 0 Å². The first kappa shape index (κ1) is 12.2. The van der Waals surface area contributed by atoms with Crippen LogP contribution in [0.3, 0.4) is 0 Å². The van der Waals surface area contributed by atoms with Gasteiger partial charge in [0.1, 0.15) is 0 Å². The number of benzene rings is 1. The molecule has 2 nitrogen and oxygen atoms in total. The summed E-state index contributed by atoms with van der Waals surface area (Å²) in [6.45, 7) is 6.72. The molecule has 92 valence electrons. The zero-order valence-corrected chi connectivity index (χ0v) is 11.1. The lowest BCUT2D eigenvalue weighted by atomic mass is 9.86. The molecule has 0 spiro atoms. The average molecular weight is 230 g/mol. The van der Waals surface area contributed by atoms with Crippen LogP contribution in [0.1, 0.15) is 46.5 Å². The second kappa shape index (κ2) is 4.91. The molecule has 0 unspecified atom stereocenters. The fourth-order valence-corrected chi connectivity index (χ4v) is 2.49. The number of nitrogens with one attached hydrogen (secondary N) is 1. The van der Waals surface area contributed by atoms with Crippen LogP contribution in [0.2, 0.25) is 0 Å². The molecule has 0 radical (unpaired) electrons. The van der Waals surface area contributed by atoms with E-state index in [2.05, 4.69) is 50.4 Å². The zero-order valence-electron chi connectivity index (χ0n) is 11.1. The molecule has 1 N–H and O–H groups in total. The highest BCUT2D eigenvalue weighted by molar-refractivity contribution is 5.91. The number of hydrogen-bond acceptors (Lipinski definition) is 2. The van der Waals surface area contributed by atoms with E-state index in [9.17, 15) is 0 Å². The Bertz CT molecular complexity index is 417. The van der Waals surface area contributed by atoms with Crippen LogP contribution in [0.4, 0.5) is 11.4 Å². The summed E-state index contributed by atoms with van der Waals surface area (Å²) < 4.78 is 0. The number of aliphatic imine (C=N–C) groups is 1. The summed E-state index contributed by atoms with van der Waals surface area (Å²) in [5, 5.41) is 3.72. The van der Waals surface area contributed by atoms with Gasteiger partial charge < -0.3 is 5.32 Å². The van der Waals surface area contributed by atoms with Crippen molar-refractivity contribution in [3.05, 3.63) is 24.3 Å². The molecule has 0 bridgehead atoms. The lowest BCUT2D eigenvalue weighted by Crippen LogP contribution is -2.38. The highest BCUT2D eigenvalue weighted by Crippen LogP contribution is 2.36. The molecule has 1 aliphatic heterocycles. The van der Waals surface area contributed by atoms with E-state index < -0.39 is 0 Å². The van der Waals surface area contributed by atoms with E-state index in [0.29, 0.717) is 0 Å². The third-order valence-corrected chi connectivity index (χ3v) is 3.89. The van der Waals surface area contributed by atoms with Crippen LogP contribution >= 0.6 is 0 Å². The lowest BCUT2D eigenvalue weighted by Gasteiger charge is -2.33. The maximum absolute atomic E-state index is 4.80. The van der Waals surface area contributed by atoms with Crippen LogP contribution in [0.25, 0.3) is 0 Å². The zero-order chi connectivity index (χ0) is 12.3. The summed E-state index contributed by atoms with van der Waals surface area (Å²) in [5.41, 5.74) is 3.76. The molecule has 0 atom stereocenters. The second-order valence-electron chi connectivity index (χ2n) is 4.84. The van der Waals surface area contributed by atoms with Gasteiger partial charge in [0.2, 0.25) is 0 Å². The summed E-state index contributed by atoms with van der Waals surface area (Å²) in [6.07, 6.45) is 4.37. The largest absolute Gasteiger partial charge is 0.378 e. The van der Waals surface area contributed by atoms with Crippen molar-refractivity contribution in [2.75, 3.05) is 5.32 Å². The minimum atomic E-state index is 0.182. The van der Waals surface area contributed by atoms with Crippen molar-refractivity contribution >= 4 is 17.1 Å². The Balaban J connectivity index is 2.46. The molecular weight excluding hydrogens is 208 g/mol. The van der Waals surface area contributed by atoms with Crippen molar-refractivity contribution in [1.82, 2.24) is 0 Å². The first-order chi connectivity index (χ1) is 8.23. The minimum absolute atomic E-state index is 0.182. The molecule has 2 rings (SSSR count). The van der Waals surface area contributed by atoms with Gasteiger partial charge in [-0.05, 0) is 31.4 Å². The molecule has 0 aromatic heterocycles. The number of hydrogen-bond donors (Lipinski definition) is 1. The molecule has 1 aliphatic rings. The van der Waals surface area contributed by atoms with Gasteiger partial charge in [-0.25, -0.2) is 0 Å². The van der Waals surface area contributed by atoms with Crippen molar-refractivity contribution in [2.24, 2.45) is 4.99 Å². The number of rotatable bonds is 3. The van der Waals surface area contributed by atoms with Crippen molar-refractivity contribution in [3.63, 3.8) is 0 Å². The summed E-state index contributed by atoms with van der Waals surface area (Å²) in [6, 6.07) is 8.37. The number of anilines is 1. The van der Waals surface area contributed by atoms with Gasteiger partial charge in [0.15, 0.2) is 0 Å². The summed E-state index contributed by atoms with van der Waals surface area (Å²) in [5.74, 6) is 0. The van der Waals surface area contributed by atoms with Gasteiger partial charge in [0.05, 0.1) is 11.4 Å². The molecule has 1 heterocycles. The van der Waals surface area contributed by atoms with Crippen molar-refractivity contribution < 1.29 is 0 Å². The fraction of sp³-hybridized carbons (Fsp3) is 0.533. The third-order valence-electron chi connectivity index (χ3n) is 3.89. The highest BCUT2D eigenvalue weighted by atomic mass is 15.0. The standard InChI is InChI=1S/C15H22N2/c1-4-12-11-15(5-2,6-3)17-14-10-8-7-9-13(14)16-12/h7-10,17H,4-6,11H2,1-3H3. The summed E-state index contributed by atoms with van der Waals surface area (Å²) in [4.78, 5) is 4.80. The Morgan fingerprint density at radius 1 is 1.18 bits per heavy atom. The molecule has 1 aromatic rings. The van der Waals surface area contributed by atoms with Gasteiger partial charge in [-0.2, -0.15) is 0 Å². The molecule has 0 saturated heterocycles.